The molecule has 1 aliphatic carbocycles. The molecule has 1 atom stereocenters. The molecule has 1 aromatic rings. The first kappa shape index (κ1) is 15.3. The number of nitrogens with one attached hydrogen (secondary N) is 2. The lowest BCUT2D eigenvalue weighted by molar-refractivity contribution is 0.537. The minimum atomic E-state index is -3.38. The zero-order valence-corrected chi connectivity index (χ0v) is 13.3. The lowest BCUT2D eigenvalue weighted by atomic mass is 10.1. The summed E-state index contributed by atoms with van der Waals surface area (Å²) in [6.07, 6.45) is 2.13. The Morgan fingerprint density at radius 2 is 1.85 bits per heavy atom. The molecule has 0 saturated heterocycles. The molecule has 1 aliphatic rings. The number of hydrogen-bond acceptors (Lipinski definition) is 3. The summed E-state index contributed by atoms with van der Waals surface area (Å²) in [6, 6.07) is 6.92. The molecule has 0 radical (unpaired) electrons. The van der Waals surface area contributed by atoms with E-state index < -0.39 is 10.0 Å². The van der Waals surface area contributed by atoms with E-state index in [-0.39, 0.29) is 5.41 Å². The highest BCUT2D eigenvalue weighted by molar-refractivity contribution is 7.89. The Morgan fingerprint density at radius 1 is 1.25 bits per heavy atom. The summed E-state index contributed by atoms with van der Waals surface area (Å²) in [6.45, 7) is 7.85. The molecule has 5 heteroatoms. The lowest BCUT2D eigenvalue weighted by Gasteiger charge is -2.09. The number of benzene rings is 1. The minimum absolute atomic E-state index is 0.288. The second-order valence-electron chi connectivity index (χ2n) is 6.19. The van der Waals surface area contributed by atoms with Crippen molar-refractivity contribution in [1.29, 1.82) is 0 Å². The molecule has 2 rings (SSSR count). The number of sulfonamides is 1. The Labute approximate surface area is 122 Å². The van der Waals surface area contributed by atoms with Crippen LogP contribution >= 0.6 is 0 Å². The molecule has 0 spiro atoms. The van der Waals surface area contributed by atoms with Gasteiger partial charge in [-0.05, 0) is 48.4 Å². The second kappa shape index (κ2) is 5.74. The maximum Gasteiger partial charge on any atom is 0.240 e. The summed E-state index contributed by atoms with van der Waals surface area (Å²) >= 11 is 0. The van der Waals surface area contributed by atoms with E-state index in [1.807, 2.05) is 12.1 Å². The highest BCUT2D eigenvalue weighted by Gasteiger charge is 2.45. The monoisotopic (exact) mass is 296 g/mol. The Kier molecular flexibility index (Phi) is 4.39. The van der Waals surface area contributed by atoms with Gasteiger partial charge in [0.25, 0.3) is 0 Å². The van der Waals surface area contributed by atoms with Crippen LogP contribution in [0.15, 0.2) is 29.2 Å². The zero-order valence-electron chi connectivity index (χ0n) is 12.4. The van der Waals surface area contributed by atoms with E-state index in [1.165, 1.54) is 0 Å². The fraction of sp³-hybridized carbons (Fsp3) is 0.600. The van der Waals surface area contributed by atoms with Crippen LogP contribution < -0.4 is 10.0 Å². The molecule has 0 amide bonds. The second-order valence-corrected chi connectivity index (χ2v) is 7.96. The van der Waals surface area contributed by atoms with E-state index in [1.54, 1.807) is 12.1 Å². The largest absolute Gasteiger partial charge is 0.385 e. The molecule has 0 aromatic heterocycles. The van der Waals surface area contributed by atoms with Crippen LogP contribution in [0.1, 0.15) is 33.6 Å². The van der Waals surface area contributed by atoms with Crippen LogP contribution in [-0.2, 0) is 10.0 Å². The first-order valence-electron chi connectivity index (χ1n) is 7.19. The van der Waals surface area contributed by atoms with Gasteiger partial charge >= 0.3 is 0 Å². The maximum atomic E-state index is 12.2. The van der Waals surface area contributed by atoms with Crippen molar-refractivity contribution in [2.75, 3.05) is 18.4 Å². The molecule has 2 N–H and O–H groups in total. The van der Waals surface area contributed by atoms with Crippen molar-refractivity contribution in [1.82, 2.24) is 4.72 Å². The normalized spacial score (nSPS) is 20.6. The van der Waals surface area contributed by atoms with Crippen molar-refractivity contribution in [3.05, 3.63) is 24.3 Å². The van der Waals surface area contributed by atoms with Crippen molar-refractivity contribution >= 4 is 15.7 Å². The van der Waals surface area contributed by atoms with Crippen LogP contribution in [-0.4, -0.2) is 21.5 Å². The van der Waals surface area contributed by atoms with Gasteiger partial charge < -0.3 is 5.32 Å². The summed E-state index contributed by atoms with van der Waals surface area (Å²) in [7, 11) is -3.38. The Hall–Kier alpha value is -1.07. The topological polar surface area (TPSA) is 58.2 Å². The first-order valence-corrected chi connectivity index (χ1v) is 8.67. The van der Waals surface area contributed by atoms with Gasteiger partial charge in [-0.25, -0.2) is 13.1 Å². The molecule has 1 fully saturated rings. The molecule has 112 valence electrons. The molecule has 4 nitrogen and oxygen atoms in total. The maximum absolute atomic E-state index is 12.2. The van der Waals surface area contributed by atoms with Crippen LogP contribution in [0.2, 0.25) is 0 Å². The van der Waals surface area contributed by atoms with E-state index in [0.29, 0.717) is 17.4 Å². The average molecular weight is 296 g/mol. The van der Waals surface area contributed by atoms with Gasteiger partial charge in [0, 0.05) is 18.8 Å². The predicted octanol–water partition coefficient (Wildman–Crippen LogP) is 2.83. The third-order valence-electron chi connectivity index (χ3n) is 3.98. The van der Waals surface area contributed by atoms with Gasteiger partial charge in [0.05, 0.1) is 4.90 Å². The van der Waals surface area contributed by atoms with E-state index in [2.05, 4.69) is 30.8 Å². The molecule has 1 aromatic carbocycles. The van der Waals surface area contributed by atoms with Crippen LogP contribution in [0.25, 0.3) is 0 Å². The quantitative estimate of drug-likeness (QED) is 0.813. The fourth-order valence-corrected chi connectivity index (χ4v) is 3.32. The number of rotatable bonds is 7. The number of anilines is 1. The van der Waals surface area contributed by atoms with Gasteiger partial charge in [-0.1, -0.05) is 20.8 Å². The molecule has 0 aliphatic heterocycles. The third-order valence-corrected chi connectivity index (χ3v) is 5.42. The summed E-state index contributed by atoms with van der Waals surface area (Å²) in [5, 5.41) is 3.23. The van der Waals surface area contributed by atoms with Gasteiger partial charge in [0.2, 0.25) is 10.0 Å². The van der Waals surface area contributed by atoms with E-state index >= 15 is 0 Å². The van der Waals surface area contributed by atoms with E-state index in [4.69, 9.17) is 0 Å². The van der Waals surface area contributed by atoms with Gasteiger partial charge in [0.15, 0.2) is 0 Å². The first-order chi connectivity index (χ1) is 9.35. The smallest absolute Gasteiger partial charge is 0.240 e. The van der Waals surface area contributed by atoms with Crippen LogP contribution in [0.3, 0.4) is 0 Å². The molecular formula is C15H24N2O2S. The Bertz CT molecular complexity index is 550. The third kappa shape index (κ3) is 3.73. The van der Waals surface area contributed by atoms with Crippen molar-refractivity contribution in [3.63, 3.8) is 0 Å². The molecule has 1 unspecified atom stereocenters. The van der Waals surface area contributed by atoms with Crippen LogP contribution in [0.5, 0.6) is 0 Å². The molecule has 0 heterocycles. The highest BCUT2D eigenvalue weighted by atomic mass is 32.2. The molecule has 0 bridgehead atoms. The minimum Gasteiger partial charge on any atom is -0.385 e. The van der Waals surface area contributed by atoms with Crippen molar-refractivity contribution < 1.29 is 8.42 Å². The Balaban J connectivity index is 1.95. The lowest BCUT2D eigenvalue weighted by Crippen LogP contribution is -2.26. The molecule has 1 saturated carbocycles. The SMILES string of the molecule is CCCNc1ccc(S(=O)(=O)NCC2CC2(C)C)cc1. The predicted molar refractivity (Wildman–Crippen MR) is 82.3 cm³/mol. The van der Waals surface area contributed by atoms with Gasteiger partial charge in [-0.15, -0.1) is 0 Å². The Morgan fingerprint density at radius 3 is 2.35 bits per heavy atom. The van der Waals surface area contributed by atoms with Crippen molar-refractivity contribution in [2.24, 2.45) is 11.3 Å². The fourth-order valence-electron chi connectivity index (χ4n) is 2.24. The zero-order chi connectivity index (χ0) is 14.8. The van der Waals surface area contributed by atoms with Crippen LogP contribution in [0, 0.1) is 11.3 Å². The van der Waals surface area contributed by atoms with Gasteiger partial charge in [-0.3, -0.25) is 0 Å². The molecular weight excluding hydrogens is 272 g/mol. The number of hydrogen-bond donors (Lipinski definition) is 2. The summed E-state index contributed by atoms with van der Waals surface area (Å²) in [5.74, 6) is 0.461. The summed E-state index contributed by atoms with van der Waals surface area (Å²) < 4.78 is 27.0. The van der Waals surface area contributed by atoms with E-state index in [0.717, 1.165) is 25.1 Å². The van der Waals surface area contributed by atoms with Gasteiger partial charge in [0.1, 0.15) is 0 Å². The highest BCUT2D eigenvalue weighted by Crippen LogP contribution is 2.51. The van der Waals surface area contributed by atoms with Crippen molar-refractivity contribution in [2.45, 2.75) is 38.5 Å². The average Bonchev–Trinajstić information content (AvgIpc) is 3.02. The van der Waals surface area contributed by atoms with E-state index in [9.17, 15) is 8.42 Å². The van der Waals surface area contributed by atoms with Crippen LogP contribution in [0.4, 0.5) is 5.69 Å². The molecule has 20 heavy (non-hydrogen) atoms. The summed E-state index contributed by atoms with van der Waals surface area (Å²) in [5.41, 5.74) is 1.24. The van der Waals surface area contributed by atoms with Crippen molar-refractivity contribution in [3.8, 4) is 0 Å². The summed E-state index contributed by atoms with van der Waals surface area (Å²) in [4.78, 5) is 0.331. The standard InChI is InChI=1S/C15H24N2O2S/c1-4-9-16-13-5-7-14(8-6-13)20(18,19)17-11-12-10-15(12,2)3/h5-8,12,16-17H,4,9-11H2,1-3H3. The van der Waals surface area contributed by atoms with Gasteiger partial charge in [-0.2, -0.15) is 0 Å².